The van der Waals surface area contributed by atoms with E-state index in [-0.39, 0.29) is 18.5 Å². The van der Waals surface area contributed by atoms with Gasteiger partial charge in [-0.3, -0.25) is 9.59 Å². The molecule has 442 valence electrons. The van der Waals surface area contributed by atoms with Crippen LogP contribution in [0.4, 0.5) is 0 Å². The molecule has 6 nitrogen and oxygen atoms in total. The number of allylic oxidation sites excluding steroid dienone is 6. The van der Waals surface area contributed by atoms with Gasteiger partial charge in [0.05, 0.1) is 25.4 Å². The molecule has 75 heavy (non-hydrogen) atoms. The van der Waals surface area contributed by atoms with Crippen LogP contribution in [-0.4, -0.2) is 47.4 Å². The number of unbranched alkanes of at least 4 members (excludes halogenated alkanes) is 46. The van der Waals surface area contributed by atoms with E-state index in [0.717, 1.165) is 51.4 Å². The fourth-order valence-electron chi connectivity index (χ4n) is 10.5. The van der Waals surface area contributed by atoms with Crippen molar-refractivity contribution < 1.29 is 24.5 Å². The normalized spacial score (nSPS) is 12.7. The standard InChI is InChI=1S/C69H131NO5/c1-3-5-7-9-11-13-15-17-18-19-20-21-22-25-28-31-34-38-41-45-49-53-57-61-67(72)66(65-71)70-68(73)62-58-54-50-46-42-39-35-32-29-26-23-24-27-30-33-36-40-44-48-52-56-60-64-75-69(74)63-59-55-51-47-43-37-16-14-12-10-8-6-4-2/h8,10,14,16,26,29,66-67,71-72H,3-7,9,11-13,15,17-25,27-28,30-65H2,1-2H3,(H,70,73)/b10-8-,16-14-,29-26-. The van der Waals surface area contributed by atoms with Crippen LogP contribution in [0, 0.1) is 0 Å². The number of amides is 1. The van der Waals surface area contributed by atoms with Crippen LogP contribution in [0.25, 0.3) is 0 Å². The summed E-state index contributed by atoms with van der Waals surface area (Å²) < 4.78 is 5.47. The maximum atomic E-state index is 12.5. The Labute approximate surface area is 468 Å². The van der Waals surface area contributed by atoms with Crippen LogP contribution >= 0.6 is 0 Å². The lowest BCUT2D eigenvalue weighted by atomic mass is 10.0. The van der Waals surface area contributed by atoms with Crippen molar-refractivity contribution in [2.24, 2.45) is 0 Å². The highest BCUT2D eigenvalue weighted by Gasteiger charge is 2.20. The first-order valence-corrected chi connectivity index (χ1v) is 33.7. The van der Waals surface area contributed by atoms with Crippen molar-refractivity contribution in [2.45, 2.75) is 379 Å². The number of esters is 1. The molecule has 0 aliphatic heterocycles. The van der Waals surface area contributed by atoms with E-state index in [9.17, 15) is 19.8 Å². The van der Waals surface area contributed by atoms with E-state index in [1.807, 2.05) is 0 Å². The topological polar surface area (TPSA) is 95.9 Å². The van der Waals surface area contributed by atoms with Crippen molar-refractivity contribution in [1.29, 1.82) is 0 Å². The predicted molar refractivity (Wildman–Crippen MR) is 329 cm³/mol. The summed E-state index contributed by atoms with van der Waals surface area (Å²) in [4.78, 5) is 24.6. The Morgan fingerprint density at radius 2 is 0.693 bits per heavy atom. The van der Waals surface area contributed by atoms with E-state index in [2.05, 4.69) is 55.6 Å². The number of hydrogen-bond acceptors (Lipinski definition) is 5. The average Bonchev–Trinajstić information content (AvgIpc) is 3.41. The zero-order chi connectivity index (χ0) is 54.3. The minimum atomic E-state index is -0.671. The van der Waals surface area contributed by atoms with Crippen LogP contribution in [-0.2, 0) is 14.3 Å². The molecule has 0 heterocycles. The third kappa shape index (κ3) is 61.2. The summed E-state index contributed by atoms with van der Waals surface area (Å²) in [5.41, 5.74) is 0. The second-order valence-electron chi connectivity index (χ2n) is 23.1. The molecule has 0 aromatic rings. The zero-order valence-electron chi connectivity index (χ0n) is 50.5. The van der Waals surface area contributed by atoms with Crippen molar-refractivity contribution in [2.75, 3.05) is 13.2 Å². The number of carbonyl (C=O) groups excluding carboxylic acids is 2. The number of aliphatic hydroxyl groups excluding tert-OH is 2. The van der Waals surface area contributed by atoms with Crippen molar-refractivity contribution in [3.8, 4) is 0 Å². The molecule has 2 unspecified atom stereocenters. The van der Waals surface area contributed by atoms with E-state index in [0.29, 0.717) is 25.9 Å². The molecule has 0 aliphatic carbocycles. The number of hydrogen-bond donors (Lipinski definition) is 3. The van der Waals surface area contributed by atoms with Crippen LogP contribution in [0.2, 0.25) is 0 Å². The van der Waals surface area contributed by atoms with Gasteiger partial charge < -0.3 is 20.3 Å². The van der Waals surface area contributed by atoms with Gasteiger partial charge in [-0.1, -0.05) is 314 Å². The van der Waals surface area contributed by atoms with Gasteiger partial charge in [0.15, 0.2) is 0 Å². The van der Waals surface area contributed by atoms with Gasteiger partial charge in [0.2, 0.25) is 5.91 Å². The molecule has 2 atom stereocenters. The number of aliphatic hydroxyl groups is 2. The Bertz CT molecular complexity index is 1210. The molecule has 0 spiro atoms. The van der Waals surface area contributed by atoms with Crippen molar-refractivity contribution in [3.63, 3.8) is 0 Å². The van der Waals surface area contributed by atoms with Gasteiger partial charge in [-0.15, -0.1) is 0 Å². The predicted octanol–water partition coefficient (Wildman–Crippen LogP) is 21.5. The lowest BCUT2D eigenvalue weighted by molar-refractivity contribution is -0.143. The minimum Gasteiger partial charge on any atom is -0.466 e. The number of carbonyl (C=O) groups is 2. The summed E-state index contributed by atoms with van der Waals surface area (Å²) >= 11 is 0. The Morgan fingerprint density at radius 1 is 0.373 bits per heavy atom. The Balaban J connectivity index is 3.42. The first-order chi connectivity index (χ1) is 37.0. The van der Waals surface area contributed by atoms with Gasteiger partial charge in [0.1, 0.15) is 0 Å². The first kappa shape index (κ1) is 73.1. The molecule has 0 bridgehead atoms. The van der Waals surface area contributed by atoms with Gasteiger partial charge in [-0.2, -0.15) is 0 Å². The van der Waals surface area contributed by atoms with Crippen molar-refractivity contribution >= 4 is 11.9 Å². The molecule has 3 N–H and O–H groups in total. The Kier molecular flexibility index (Phi) is 63.0. The first-order valence-electron chi connectivity index (χ1n) is 33.7. The molecule has 1 amide bonds. The van der Waals surface area contributed by atoms with Crippen molar-refractivity contribution in [3.05, 3.63) is 36.5 Å². The smallest absolute Gasteiger partial charge is 0.305 e. The van der Waals surface area contributed by atoms with E-state index < -0.39 is 12.1 Å². The summed E-state index contributed by atoms with van der Waals surface area (Å²) in [5, 5.41) is 23.4. The van der Waals surface area contributed by atoms with E-state index >= 15 is 0 Å². The molecular weight excluding hydrogens is 923 g/mol. The monoisotopic (exact) mass is 1050 g/mol. The summed E-state index contributed by atoms with van der Waals surface area (Å²) in [6.07, 6.45) is 81.7. The van der Waals surface area contributed by atoms with Crippen LogP contribution in [0.5, 0.6) is 0 Å². The summed E-state index contributed by atoms with van der Waals surface area (Å²) in [6, 6.07) is -0.548. The highest BCUT2D eigenvalue weighted by Crippen LogP contribution is 2.18. The molecule has 0 fully saturated rings. The fourth-order valence-corrected chi connectivity index (χ4v) is 10.5. The summed E-state index contributed by atoms with van der Waals surface area (Å²) in [5.74, 6) is -0.0435. The molecular formula is C69H131NO5. The average molecular weight is 1050 g/mol. The van der Waals surface area contributed by atoms with E-state index in [1.165, 1.54) is 283 Å². The molecule has 6 heteroatoms. The summed E-state index contributed by atoms with van der Waals surface area (Å²) in [6.45, 7) is 4.91. The SMILES string of the molecule is CCC/C=C\C/C=C\CCCCCCCC(=O)OCCCCCCCCCCCCC/C=C\CCCCCCCCCC(=O)NC(CO)C(O)CCCCCCCCCCCCCCCCCCCCCCCCC. The van der Waals surface area contributed by atoms with E-state index in [1.54, 1.807) is 0 Å². The second-order valence-corrected chi connectivity index (χ2v) is 23.1. The van der Waals surface area contributed by atoms with Crippen LogP contribution < -0.4 is 5.32 Å². The molecule has 0 saturated heterocycles. The fraction of sp³-hybridized carbons (Fsp3) is 0.884. The molecule has 0 aliphatic rings. The quantitative estimate of drug-likeness (QED) is 0.0320. The number of rotatable bonds is 63. The highest BCUT2D eigenvalue weighted by molar-refractivity contribution is 5.76. The van der Waals surface area contributed by atoms with Gasteiger partial charge in [0.25, 0.3) is 0 Å². The lowest BCUT2D eigenvalue weighted by Gasteiger charge is -2.22. The molecule has 0 rings (SSSR count). The minimum absolute atomic E-state index is 0.00495. The highest BCUT2D eigenvalue weighted by atomic mass is 16.5. The third-order valence-electron chi connectivity index (χ3n) is 15.6. The number of nitrogens with one attached hydrogen (secondary N) is 1. The molecule has 0 aromatic carbocycles. The molecule has 0 aromatic heterocycles. The lowest BCUT2D eigenvalue weighted by Crippen LogP contribution is -2.45. The van der Waals surface area contributed by atoms with Gasteiger partial charge >= 0.3 is 5.97 Å². The number of ether oxygens (including phenoxy) is 1. The van der Waals surface area contributed by atoms with Gasteiger partial charge in [-0.05, 0) is 77.0 Å². The third-order valence-corrected chi connectivity index (χ3v) is 15.6. The Morgan fingerprint density at radius 3 is 1.08 bits per heavy atom. The van der Waals surface area contributed by atoms with Crippen LogP contribution in [0.15, 0.2) is 36.5 Å². The molecule has 0 saturated carbocycles. The van der Waals surface area contributed by atoms with Crippen LogP contribution in [0.1, 0.15) is 367 Å². The largest absolute Gasteiger partial charge is 0.466 e. The van der Waals surface area contributed by atoms with E-state index in [4.69, 9.17) is 4.74 Å². The van der Waals surface area contributed by atoms with Crippen molar-refractivity contribution in [1.82, 2.24) is 5.32 Å². The van der Waals surface area contributed by atoms with Gasteiger partial charge in [-0.25, -0.2) is 0 Å². The Hall–Kier alpha value is -1.92. The van der Waals surface area contributed by atoms with Crippen LogP contribution in [0.3, 0.4) is 0 Å². The maximum Gasteiger partial charge on any atom is 0.305 e. The second kappa shape index (κ2) is 64.6. The molecule has 0 radical (unpaired) electrons. The summed E-state index contributed by atoms with van der Waals surface area (Å²) in [7, 11) is 0. The zero-order valence-corrected chi connectivity index (χ0v) is 50.5. The maximum absolute atomic E-state index is 12.5. The van der Waals surface area contributed by atoms with Gasteiger partial charge in [0, 0.05) is 12.8 Å².